The van der Waals surface area contributed by atoms with E-state index in [1.165, 1.54) is 11.3 Å². The summed E-state index contributed by atoms with van der Waals surface area (Å²) < 4.78 is 10.5. The highest BCUT2D eigenvalue weighted by Crippen LogP contribution is 2.35. The summed E-state index contributed by atoms with van der Waals surface area (Å²) in [5.74, 6) is -0.739. The van der Waals surface area contributed by atoms with E-state index >= 15 is 0 Å². The van der Waals surface area contributed by atoms with Crippen LogP contribution in [0.25, 0.3) is 22.3 Å². The van der Waals surface area contributed by atoms with Crippen LogP contribution in [-0.4, -0.2) is 53.8 Å². The number of H-pyrrole nitrogens is 1. The van der Waals surface area contributed by atoms with E-state index in [0.29, 0.717) is 37.3 Å². The summed E-state index contributed by atoms with van der Waals surface area (Å²) in [6.07, 6.45) is 0. The number of aromatic amines is 1. The van der Waals surface area contributed by atoms with Gasteiger partial charge in [-0.15, -0.1) is 11.3 Å². The summed E-state index contributed by atoms with van der Waals surface area (Å²) in [6, 6.07) is 13.7. The van der Waals surface area contributed by atoms with Gasteiger partial charge in [0.2, 0.25) is 5.69 Å². The summed E-state index contributed by atoms with van der Waals surface area (Å²) >= 11 is 1.50. The zero-order chi connectivity index (χ0) is 23.5. The summed E-state index contributed by atoms with van der Waals surface area (Å²) in [5, 5.41) is 6.14. The quantitative estimate of drug-likeness (QED) is 0.404. The van der Waals surface area contributed by atoms with Crippen molar-refractivity contribution >= 4 is 44.8 Å². The van der Waals surface area contributed by atoms with Gasteiger partial charge in [-0.3, -0.25) is 4.79 Å². The van der Waals surface area contributed by atoms with Crippen LogP contribution in [0, 0.1) is 0 Å². The molecule has 0 spiro atoms. The molecular weight excluding hydrogens is 454 g/mol. The van der Waals surface area contributed by atoms with E-state index in [1.54, 1.807) is 6.92 Å². The van der Waals surface area contributed by atoms with Gasteiger partial charge in [-0.05, 0) is 19.1 Å². The first-order chi connectivity index (χ1) is 16.6. The predicted molar refractivity (Wildman–Crippen MR) is 132 cm³/mol. The topological polar surface area (TPSA) is 109 Å². The average Bonchev–Trinajstić information content (AvgIpc) is 3.33. The van der Waals surface area contributed by atoms with Crippen molar-refractivity contribution in [3.63, 3.8) is 0 Å². The first kappa shape index (κ1) is 22.1. The van der Waals surface area contributed by atoms with Gasteiger partial charge in [-0.1, -0.05) is 30.3 Å². The number of anilines is 3. The van der Waals surface area contributed by atoms with Gasteiger partial charge >= 0.3 is 5.97 Å². The standard InChI is InChI=1S/C24H23N5O4S/c1-2-33-23(31)21-22(30)26-16-12-18(20(13-17(16)25-21)29-8-10-32-11-9-29)27-24-28-19(14-34-24)15-6-4-3-5-7-15/h3-7,12-14H,2,8-11H2,1H3,(H,26,30)(H,27,28). The van der Waals surface area contributed by atoms with E-state index < -0.39 is 11.5 Å². The predicted octanol–water partition coefficient (Wildman–Crippen LogP) is 3.80. The van der Waals surface area contributed by atoms with Crippen LogP contribution in [0.4, 0.5) is 16.5 Å². The van der Waals surface area contributed by atoms with Crippen molar-refractivity contribution in [2.75, 3.05) is 43.1 Å². The first-order valence-electron chi connectivity index (χ1n) is 11.0. The fourth-order valence-electron chi connectivity index (χ4n) is 3.81. The Kier molecular flexibility index (Phi) is 6.24. The number of aromatic nitrogens is 3. The molecule has 4 aromatic rings. The molecule has 3 heterocycles. The molecular formula is C24H23N5O4S. The van der Waals surface area contributed by atoms with Crippen LogP contribution in [-0.2, 0) is 9.47 Å². The van der Waals surface area contributed by atoms with Crippen molar-refractivity contribution in [2.24, 2.45) is 0 Å². The first-order valence-corrected chi connectivity index (χ1v) is 11.9. The second-order valence-corrected chi connectivity index (χ2v) is 8.51. The molecule has 2 N–H and O–H groups in total. The third kappa shape index (κ3) is 4.50. The molecule has 34 heavy (non-hydrogen) atoms. The number of fused-ring (bicyclic) bond motifs is 1. The maximum absolute atomic E-state index is 12.5. The van der Waals surface area contributed by atoms with E-state index in [-0.39, 0.29) is 12.3 Å². The molecule has 1 aliphatic heterocycles. The lowest BCUT2D eigenvalue weighted by molar-refractivity contribution is 0.0517. The number of benzene rings is 2. The van der Waals surface area contributed by atoms with Gasteiger partial charge in [-0.2, -0.15) is 0 Å². The molecule has 0 radical (unpaired) electrons. The number of ether oxygens (including phenoxy) is 2. The van der Waals surface area contributed by atoms with Gasteiger partial charge in [0.25, 0.3) is 5.56 Å². The SMILES string of the molecule is CCOC(=O)c1nc2cc(N3CCOCC3)c(Nc3nc(-c4ccccc4)cs3)cc2[nH]c1=O. The van der Waals surface area contributed by atoms with E-state index in [2.05, 4.69) is 20.2 Å². The monoisotopic (exact) mass is 477 g/mol. The van der Waals surface area contributed by atoms with Gasteiger partial charge in [0.1, 0.15) is 0 Å². The average molecular weight is 478 g/mol. The van der Waals surface area contributed by atoms with E-state index in [0.717, 1.165) is 27.8 Å². The normalized spacial score (nSPS) is 13.7. The van der Waals surface area contributed by atoms with Crippen LogP contribution < -0.4 is 15.8 Å². The summed E-state index contributed by atoms with van der Waals surface area (Å²) in [4.78, 5) is 38.7. The summed E-state index contributed by atoms with van der Waals surface area (Å²) in [6.45, 7) is 4.49. The molecule has 174 valence electrons. The Bertz CT molecular complexity index is 1380. The molecule has 10 heteroatoms. The molecule has 9 nitrogen and oxygen atoms in total. The number of hydrogen-bond acceptors (Lipinski definition) is 9. The molecule has 0 saturated carbocycles. The molecule has 0 amide bonds. The van der Waals surface area contributed by atoms with E-state index in [9.17, 15) is 9.59 Å². The highest BCUT2D eigenvalue weighted by atomic mass is 32.1. The van der Waals surface area contributed by atoms with Crippen molar-refractivity contribution in [3.05, 3.63) is 63.9 Å². The van der Waals surface area contributed by atoms with Crippen LogP contribution in [0.1, 0.15) is 17.4 Å². The van der Waals surface area contributed by atoms with Crippen molar-refractivity contribution < 1.29 is 14.3 Å². The molecule has 0 bridgehead atoms. The highest BCUT2D eigenvalue weighted by Gasteiger charge is 2.20. The zero-order valence-electron chi connectivity index (χ0n) is 18.5. The Morgan fingerprint density at radius 2 is 2.00 bits per heavy atom. The van der Waals surface area contributed by atoms with Gasteiger partial charge in [-0.25, -0.2) is 14.8 Å². The third-order valence-electron chi connectivity index (χ3n) is 5.45. The molecule has 1 fully saturated rings. The largest absolute Gasteiger partial charge is 0.461 e. The number of carbonyl (C=O) groups excluding carboxylic acids is 1. The van der Waals surface area contributed by atoms with Crippen LogP contribution in [0.5, 0.6) is 0 Å². The molecule has 0 aliphatic carbocycles. The number of nitrogens with zero attached hydrogens (tertiary/aromatic N) is 3. The minimum atomic E-state index is -0.739. The molecule has 2 aromatic carbocycles. The van der Waals surface area contributed by atoms with Crippen LogP contribution in [0.2, 0.25) is 0 Å². The molecule has 0 unspecified atom stereocenters. The zero-order valence-corrected chi connectivity index (χ0v) is 19.4. The maximum Gasteiger partial charge on any atom is 0.362 e. The Balaban J connectivity index is 1.55. The van der Waals surface area contributed by atoms with Gasteiger partial charge in [0.15, 0.2) is 5.13 Å². The number of esters is 1. The number of nitrogens with one attached hydrogen (secondary N) is 2. The smallest absolute Gasteiger partial charge is 0.362 e. The number of rotatable bonds is 6. The number of morpholine rings is 1. The van der Waals surface area contributed by atoms with E-state index in [4.69, 9.17) is 14.5 Å². The highest BCUT2D eigenvalue weighted by molar-refractivity contribution is 7.14. The Hall–Kier alpha value is -3.76. The van der Waals surface area contributed by atoms with Gasteiger partial charge in [0.05, 0.1) is 47.9 Å². The third-order valence-corrected chi connectivity index (χ3v) is 6.20. The van der Waals surface area contributed by atoms with Crippen LogP contribution >= 0.6 is 11.3 Å². The Morgan fingerprint density at radius 1 is 1.21 bits per heavy atom. The second-order valence-electron chi connectivity index (χ2n) is 7.65. The lowest BCUT2D eigenvalue weighted by Gasteiger charge is -2.30. The number of hydrogen-bond donors (Lipinski definition) is 2. The van der Waals surface area contributed by atoms with Crippen LogP contribution in [0.3, 0.4) is 0 Å². The van der Waals surface area contributed by atoms with E-state index in [1.807, 2.05) is 47.8 Å². The molecule has 1 saturated heterocycles. The lowest BCUT2D eigenvalue weighted by atomic mass is 10.2. The molecule has 2 aromatic heterocycles. The van der Waals surface area contributed by atoms with Crippen LogP contribution in [0.15, 0.2) is 52.6 Å². The minimum absolute atomic E-state index is 0.165. The fourth-order valence-corrected chi connectivity index (χ4v) is 4.55. The fraction of sp³-hybridized carbons (Fsp3) is 0.250. The van der Waals surface area contributed by atoms with Gasteiger partial charge in [0, 0.05) is 24.0 Å². The van der Waals surface area contributed by atoms with Crippen molar-refractivity contribution in [1.82, 2.24) is 15.0 Å². The lowest BCUT2D eigenvalue weighted by Crippen LogP contribution is -2.36. The maximum atomic E-state index is 12.5. The van der Waals surface area contributed by atoms with Gasteiger partial charge < -0.3 is 24.7 Å². The minimum Gasteiger partial charge on any atom is -0.461 e. The van der Waals surface area contributed by atoms with Crippen molar-refractivity contribution in [3.8, 4) is 11.3 Å². The summed E-state index contributed by atoms with van der Waals surface area (Å²) in [5.41, 5.74) is 3.77. The van der Waals surface area contributed by atoms with Crippen molar-refractivity contribution in [2.45, 2.75) is 6.92 Å². The Labute approximate surface area is 199 Å². The van der Waals surface area contributed by atoms with Crippen molar-refractivity contribution in [1.29, 1.82) is 0 Å². The summed E-state index contributed by atoms with van der Waals surface area (Å²) in [7, 11) is 0. The number of carbonyl (C=O) groups is 1. The molecule has 0 atom stereocenters. The second kappa shape index (κ2) is 9.62. The molecule has 1 aliphatic rings. The molecule has 5 rings (SSSR count). The number of thiazole rings is 1. The Morgan fingerprint density at radius 3 is 2.76 bits per heavy atom.